The SMILES string of the molecule is Cc1c(C#N)c(NC(=O)CN2CCN(CC(=O)NC3CC3)CC2)n(Cc2ccc(F)cc2)c1C. The highest BCUT2D eigenvalue weighted by Gasteiger charge is 2.26. The molecule has 0 bridgehead atoms. The number of halogens is 1. The molecule has 2 fully saturated rings. The fourth-order valence-corrected chi connectivity index (χ4v) is 4.28. The summed E-state index contributed by atoms with van der Waals surface area (Å²) in [7, 11) is 0. The topological polar surface area (TPSA) is 93.4 Å². The number of amides is 2. The van der Waals surface area contributed by atoms with Gasteiger partial charge in [0, 0.05) is 44.5 Å². The van der Waals surface area contributed by atoms with Crippen LogP contribution in [0.25, 0.3) is 0 Å². The molecule has 4 rings (SSSR count). The zero-order chi connectivity index (χ0) is 24.2. The minimum absolute atomic E-state index is 0.0744. The Morgan fingerprint density at radius 2 is 1.62 bits per heavy atom. The van der Waals surface area contributed by atoms with Crippen molar-refractivity contribution in [2.45, 2.75) is 39.3 Å². The van der Waals surface area contributed by atoms with Crippen molar-refractivity contribution in [2.75, 3.05) is 44.6 Å². The van der Waals surface area contributed by atoms with Gasteiger partial charge >= 0.3 is 0 Å². The van der Waals surface area contributed by atoms with Gasteiger partial charge in [-0.2, -0.15) is 5.26 Å². The van der Waals surface area contributed by atoms with Crippen LogP contribution >= 0.6 is 0 Å². The predicted octanol–water partition coefficient (Wildman–Crippen LogP) is 2.00. The van der Waals surface area contributed by atoms with E-state index < -0.39 is 0 Å². The number of nitrogens with one attached hydrogen (secondary N) is 2. The summed E-state index contributed by atoms with van der Waals surface area (Å²) < 4.78 is 15.2. The summed E-state index contributed by atoms with van der Waals surface area (Å²) in [5.41, 5.74) is 3.02. The largest absolute Gasteiger partial charge is 0.352 e. The van der Waals surface area contributed by atoms with Gasteiger partial charge in [-0.3, -0.25) is 19.4 Å². The Labute approximate surface area is 199 Å². The van der Waals surface area contributed by atoms with Gasteiger partial charge in [0.05, 0.1) is 18.7 Å². The molecule has 34 heavy (non-hydrogen) atoms. The van der Waals surface area contributed by atoms with Gasteiger partial charge in [0.1, 0.15) is 17.7 Å². The maximum absolute atomic E-state index is 13.3. The minimum Gasteiger partial charge on any atom is -0.352 e. The highest BCUT2D eigenvalue weighted by atomic mass is 19.1. The molecule has 2 amide bonds. The average molecular weight is 467 g/mol. The van der Waals surface area contributed by atoms with Gasteiger partial charge in [0.15, 0.2) is 0 Å². The first-order valence-corrected chi connectivity index (χ1v) is 11.7. The first-order chi connectivity index (χ1) is 16.3. The predicted molar refractivity (Wildman–Crippen MR) is 127 cm³/mol. The second-order valence-electron chi connectivity index (χ2n) is 9.20. The van der Waals surface area contributed by atoms with E-state index in [4.69, 9.17) is 0 Å². The molecule has 1 saturated heterocycles. The summed E-state index contributed by atoms with van der Waals surface area (Å²) in [6, 6.07) is 8.79. The van der Waals surface area contributed by atoms with Crippen LogP contribution in [0.15, 0.2) is 24.3 Å². The van der Waals surface area contributed by atoms with E-state index in [1.165, 1.54) is 12.1 Å². The van der Waals surface area contributed by atoms with Crippen molar-refractivity contribution in [3.05, 3.63) is 52.5 Å². The monoisotopic (exact) mass is 466 g/mol. The molecular weight excluding hydrogens is 435 g/mol. The summed E-state index contributed by atoms with van der Waals surface area (Å²) >= 11 is 0. The van der Waals surface area contributed by atoms with Crippen molar-refractivity contribution in [1.29, 1.82) is 5.26 Å². The smallest absolute Gasteiger partial charge is 0.239 e. The second kappa shape index (κ2) is 10.4. The van der Waals surface area contributed by atoms with Crippen molar-refractivity contribution in [2.24, 2.45) is 0 Å². The third-order valence-corrected chi connectivity index (χ3v) is 6.59. The van der Waals surface area contributed by atoms with E-state index in [0.717, 1.165) is 42.8 Å². The van der Waals surface area contributed by atoms with Gasteiger partial charge in [-0.15, -0.1) is 0 Å². The third-order valence-electron chi connectivity index (χ3n) is 6.59. The number of piperazine rings is 1. The zero-order valence-electron chi connectivity index (χ0n) is 19.7. The number of rotatable bonds is 8. The number of anilines is 1. The molecule has 180 valence electrons. The second-order valence-corrected chi connectivity index (χ2v) is 9.20. The number of carbonyl (C=O) groups is 2. The lowest BCUT2D eigenvalue weighted by atomic mass is 10.2. The highest BCUT2D eigenvalue weighted by Crippen LogP contribution is 2.27. The lowest BCUT2D eigenvalue weighted by molar-refractivity contribution is -0.123. The van der Waals surface area contributed by atoms with E-state index >= 15 is 0 Å². The maximum Gasteiger partial charge on any atom is 0.239 e. The molecule has 0 atom stereocenters. The molecule has 8 nitrogen and oxygen atoms in total. The van der Waals surface area contributed by atoms with Crippen molar-refractivity contribution in [3.63, 3.8) is 0 Å². The van der Waals surface area contributed by atoms with Crippen LogP contribution in [0.2, 0.25) is 0 Å². The molecular formula is C25H31FN6O2. The van der Waals surface area contributed by atoms with Crippen LogP contribution in [0.4, 0.5) is 10.2 Å². The minimum atomic E-state index is -0.306. The van der Waals surface area contributed by atoms with Crippen LogP contribution in [0, 0.1) is 31.0 Å². The first kappa shape index (κ1) is 23.9. The fraction of sp³-hybridized carbons (Fsp3) is 0.480. The molecule has 1 saturated carbocycles. The third kappa shape index (κ3) is 5.82. The summed E-state index contributed by atoms with van der Waals surface area (Å²) in [5, 5.41) is 15.7. The summed E-state index contributed by atoms with van der Waals surface area (Å²) in [4.78, 5) is 29.1. The van der Waals surface area contributed by atoms with Crippen LogP contribution in [-0.4, -0.2) is 71.5 Å². The van der Waals surface area contributed by atoms with Crippen LogP contribution in [0.5, 0.6) is 0 Å². The molecule has 2 aliphatic rings. The van der Waals surface area contributed by atoms with Crippen molar-refractivity contribution in [3.8, 4) is 6.07 Å². The van der Waals surface area contributed by atoms with E-state index in [1.54, 1.807) is 12.1 Å². The summed E-state index contributed by atoms with van der Waals surface area (Å²) in [6.45, 7) is 7.67. The molecule has 1 aromatic heterocycles. The maximum atomic E-state index is 13.3. The number of aromatic nitrogens is 1. The Hall–Kier alpha value is -3.22. The van der Waals surface area contributed by atoms with Crippen LogP contribution in [0.3, 0.4) is 0 Å². The van der Waals surface area contributed by atoms with Gasteiger partial charge in [0.2, 0.25) is 11.8 Å². The van der Waals surface area contributed by atoms with Crippen LogP contribution in [-0.2, 0) is 16.1 Å². The number of hydrogen-bond donors (Lipinski definition) is 2. The Kier molecular flexibility index (Phi) is 7.29. The number of carbonyl (C=O) groups excluding carboxylic acids is 2. The van der Waals surface area contributed by atoms with E-state index in [0.29, 0.717) is 43.6 Å². The molecule has 9 heteroatoms. The molecule has 2 heterocycles. The zero-order valence-corrected chi connectivity index (χ0v) is 19.7. The van der Waals surface area contributed by atoms with Crippen molar-refractivity contribution >= 4 is 17.6 Å². The first-order valence-electron chi connectivity index (χ1n) is 11.7. The molecule has 2 N–H and O–H groups in total. The summed E-state index contributed by atoms with van der Waals surface area (Å²) in [5.74, 6) is 0.0564. The lowest BCUT2D eigenvalue weighted by Crippen LogP contribution is -2.51. The van der Waals surface area contributed by atoms with E-state index in [-0.39, 0.29) is 24.2 Å². The molecule has 0 radical (unpaired) electrons. The molecule has 1 aliphatic heterocycles. The average Bonchev–Trinajstić information content (AvgIpc) is 3.59. The summed E-state index contributed by atoms with van der Waals surface area (Å²) in [6.07, 6.45) is 2.16. The highest BCUT2D eigenvalue weighted by molar-refractivity contribution is 5.93. The Balaban J connectivity index is 1.36. The number of hydrogen-bond acceptors (Lipinski definition) is 5. The Morgan fingerprint density at radius 3 is 2.18 bits per heavy atom. The molecule has 1 aromatic carbocycles. The lowest BCUT2D eigenvalue weighted by Gasteiger charge is -2.33. The van der Waals surface area contributed by atoms with Crippen molar-refractivity contribution in [1.82, 2.24) is 19.7 Å². The molecule has 0 unspecified atom stereocenters. The number of nitriles is 1. The van der Waals surface area contributed by atoms with Gasteiger partial charge < -0.3 is 15.2 Å². The molecule has 2 aromatic rings. The fourth-order valence-electron chi connectivity index (χ4n) is 4.28. The molecule has 1 aliphatic carbocycles. The normalized spacial score (nSPS) is 16.8. The Morgan fingerprint density at radius 1 is 1.03 bits per heavy atom. The van der Waals surface area contributed by atoms with Gasteiger partial charge in [-0.1, -0.05) is 12.1 Å². The quantitative estimate of drug-likeness (QED) is 0.621. The Bertz CT molecular complexity index is 1090. The van der Waals surface area contributed by atoms with Gasteiger partial charge in [-0.25, -0.2) is 4.39 Å². The van der Waals surface area contributed by atoms with Gasteiger partial charge in [-0.05, 0) is 49.9 Å². The standard InChI is InChI=1S/C25H31FN6O2/c1-17-18(2)32(14-19-3-5-20(26)6-4-19)25(22(17)13-27)29-24(34)16-31-11-9-30(10-12-31)15-23(33)28-21-7-8-21/h3-6,21H,7-12,14-16H2,1-2H3,(H,28,33)(H,29,34). The number of nitrogens with zero attached hydrogens (tertiary/aromatic N) is 4. The van der Waals surface area contributed by atoms with Crippen LogP contribution < -0.4 is 10.6 Å². The van der Waals surface area contributed by atoms with Gasteiger partial charge in [0.25, 0.3) is 0 Å². The number of benzene rings is 1. The van der Waals surface area contributed by atoms with Crippen molar-refractivity contribution < 1.29 is 14.0 Å². The van der Waals surface area contributed by atoms with E-state index in [2.05, 4.69) is 26.5 Å². The molecule has 0 spiro atoms. The van der Waals surface area contributed by atoms with E-state index in [9.17, 15) is 19.2 Å². The van der Waals surface area contributed by atoms with E-state index in [1.807, 2.05) is 18.4 Å². The van der Waals surface area contributed by atoms with Crippen LogP contribution in [0.1, 0.15) is 35.2 Å².